The van der Waals surface area contributed by atoms with Crippen molar-refractivity contribution in [3.63, 3.8) is 0 Å². The molecule has 0 aliphatic carbocycles. The molecule has 0 aliphatic heterocycles. The topological polar surface area (TPSA) is 43.1 Å². The zero-order valence-corrected chi connectivity index (χ0v) is 14.3. The largest absolute Gasteiger partial charge is 0.278 e. The number of benzene rings is 5. The van der Waals surface area contributed by atoms with Gasteiger partial charge in [0, 0.05) is 11.1 Å². The van der Waals surface area contributed by atoms with Crippen LogP contribution >= 0.6 is 11.6 Å². The molecule has 26 heavy (non-hydrogen) atoms. The Balaban J connectivity index is 1.95. The van der Waals surface area contributed by atoms with Gasteiger partial charge in [0.25, 0.3) is 5.69 Å². The van der Waals surface area contributed by atoms with Crippen molar-refractivity contribution >= 4 is 49.6 Å². The van der Waals surface area contributed by atoms with Gasteiger partial charge in [0.1, 0.15) is 0 Å². The number of rotatable bonds is 2. The molecule has 0 aromatic heterocycles. The van der Waals surface area contributed by atoms with Crippen LogP contribution in [0.2, 0.25) is 5.02 Å². The minimum atomic E-state index is -0.376. The Morgan fingerprint density at radius 1 is 0.731 bits per heavy atom. The van der Waals surface area contributed by atoms with Gasteiger partial charge in [-0.25, -0.2) is 0 Å². The number of nitrogens with zero attached hydrogens (tertiary/aromatic N) is 1. The van der Waals surface area contributed by atoms with E-state index in [0.717, 1.165) is 21.7 Å². The van der Waals surface area contributed by atoms with Gasteiger partial charge in [0.2, 0.25) is 0 Å². The molecule has 0 radical (unpaired) electrons. The van der Waals surface area contributed by atoms with E-state index in [4.69, 9.17) is 11.6 Å². The molecule has 124 valence electrons. The van der Waals surface area contributed by atoms with E-state index in [0.29, 0.717) is 10.6 Å². The second-order valence-corrected chi connectivity index (χ2v) is 6.82. The molecule has 5 aromatic carbocycles. The van der Waals surface area contributed by atoms with Crippen LogP contribution in [0.25, 0.3) is 43.4 Å². The highest BCUT2D eigenvalue weighted by Gasteiger charge is 2.19. The highest BCUT2D eigenvalue weighted by molar-refractivity contribution is 6.31. The van der Waals surface area contributed by atoms with Crippen LogP contribution in [0, 0.1) is 10.1 Å². The molecule has 5 rings (SSSR count). The van der Waals surface area contributed by atoms with Gasteiger partial charge in [0.05, 0.1) is 10.5 Å². The summed E-state index contributed by atoms with van der Waals surface area (Å²) < 4.78 is 0. The molecular formula is C22H12ClNO2. The summed E-state index contributed by atoms with van der Waals surface area (Å²) in [5.41, 5.74) is 1.45. The first-order chi connectivity index (χ1) is 12.6. The Morgan fingerprint density at radius 3 is 2.08 bits per heavy atom. The van der Waals surface area contributed by atoms with Crippen molar-refractivity contribution in [2.75, 3.05) is 0 Å². The van der Waals surface area contributed by atoms with Gasteiger partial charge >= 0.3 is 0 Å². The summed E-state index contributed by atoms with van der Waals surface area (Å²) in [6.07, 6.45) is 0. The summed E-state index contributed by atoms with van der Waals surface area (Å²) in [6.45, 7) is 0. The Morgan fingerprint density at radius 2 is 1.35 bits per heavy atom. The lowest BCUT2D eigenvalue weighted by Crippen LogP contribution is -1.93. The van der Waals surface area contributed by atoms with Crippen LogP contribution in [-0.4, -0.2) is 4.92 Å². The summed E-state index contributed by atoms with van der Waals surface area (Å²) in [4.78, 5) is 11.2. The molecule has 0 unspecified atom stereocenters. The zero-order chi connectivity index (χ0) is 17.8. The highest BCUT2D eigenvalue weighted by atomic mass is 35.5. The summed E-state index contributed by atoms with van der Waals surface area (Å²) in [5.74, 6) is 0. The first-order valence-corrected chi connectivity index (χ1v) is 8.62. The van der Waals surface area contributed by atoms with E-state index in [1.807, 2.05) is 18.2 Å². The Kier molecular flexibility index (Phi) is 3.15. The fourth-order valence-electron chi connectivity index (χ4n) is 3.85. The molecule has 0 saturated heterocycles. The van der Waals surface area contributed by atoms with E-state index >= 15 is 0 Å². The predicted molar refractivity (Wildman–Crippen MR) is 107 cm³/mol. The SMILES string of the molecule is O=[N+]([O-])c1cc(Cl)ccc1-c1ccc2ccc3cccc4ccc1c2c34. The van der Waals surface area contributed by atoms with Crippen LogP contribution in [0.4, 0.5) is 5.69 Å². The van der Waals surface area contributed by atoms with Crippen LogP contribution < -0.4 is 0 Å². The lowest BCUT2D eigenvalue weighted by molar-refractivity contribution is -0.384. The fourth-order valence-corrected chi connectivity index (χ4v) is 4.02. The third-order valence-electron chi connectivity index (χ3n) is 4.98. The Labute approximate surface area is 153 Å². The first-order valence-electron chi connectivity index (χ1n) is 8.24. The van der Waals surface area contributed by atoms with Crippen molar-refractivity contribution in [2.24, 2.45) is 0 Å². The molecule has 0 aliphatic rings. The van der Waals surface area contributed by atoms with Crippen molar-refractivity contribution in [1.82, 2.24) is 0 Å². The standard InChI is InChI=1S/C22H12ClNO2/c23-16-8-11-18(20(12-16)24(25)26)17-9-6-15-5-4-13-2-1-3-14-7-10-19(17)22(15)21(13)14/h1-12H. The van der Waals surface area contributed by atoms with Gasteiger partial charge in [0.15, 0.2) is 0 Å². The third kappa shape index (κ3) is 2.07. The summed E-state index contributed by atoms with van der Waals surface area (Å²) in [6, 6.07) is 23.4. The quantitative estimate of drug-likeness (QED) is 0.198. The smallest absolute Gasteiger partial charge is 0.258 e. The average molecular weight is 358 g/mol. The number of halogens is 1. The molecule has 0 atom stereocenters. The second-order valence-electron chi connectivity index (χ2n) is 6.39. The van der Waals surface area contributed by atoms with Crippen molar-refractivity contribution < 1.29 is 4.92 Å². The van der Waals surface area contributed by atoms with Crippen LogP contribution in [0.15, 0.2) is 72.8 Å². The maximum atomic E-state index is 11.6. The molecule has 0 spiro atoms. The first kappa shape index (κ1) is 15.1. The monoisotopic (exact) mass is 357 g/mol. The molecule has 4 heteroatoms. The third-order valence-corrected chi connectivity index (χ3v) is 5.21. The van der Waals surface area contributed by atoms with Crippen molar-refractivity contribution in [3.05, 3.63) is 87.9 Å². The van der Waals surface area contributed by atoms with E-state index < -0.39 is 0 Å². The van der Waals surface area contributed by atoms with Gasteiger partial charge in [-0.3, -0.25) is 10.1 Å². The molecule has 0 amide bonds. The Hall–Kier alpha value is -3.17. The van der Waals surface area contributed by atoms with E-state index in [2.05, 4.69) is 36.4 Å². The number of nitro groups is 1. The highest BCUT2D eigenvalue weighted by Crippen LogP contribution is 2.41. The summed E-state index contributed by atoms with van der Waals surface area (Å²) in [5, 5.41) is 18.7. The minimum Gasteiger partial charge on any atom is -0.258 e. The van der Waals surface area contributed by atoms with Crippen molar-refractivity contribution in [3.8, 4) is 11.1 Å². The molecule has 0 saturated carbocycles. The fraction of sp³-hybridized carbons (Fsp3) is 0. The number of nitro benzene ring substituents is 1. The molecule has 3 nitrogen and oxygen atoms in total. The van der Waals surface area contributed by atoms with Crippen molar-refractivity contribution in [2.45, 2.75) is 0 Å². The van der Waals surface area contributed by atoms with Gasteiger partial charge in [-0.15, -0.1) is 0 Å². The van der Waals surface area contributed by atoms with Crippen LogP contribution in [0.5, 0.6) is 0 Å². The molecular weight excluding hydrogens is 346 g/mol. The predicted octanol–water partition coefficient (Wildman–Crippen LogP) is 6.81. The van der Waals surface area contributed by atoms with E-state index in [-0.39, 0.29) is 10.6 Å². The van der Waals surface area contributed by atoms with Gasteiger partial charge < -0.3 is 0 Å². The van der Waals surface area contributed by atoms with Crippen LogP contribution in [0.3, 0.4) is 0 Å². The minimum absolute atomic E-state index is 0.0209. The maximum absolute atomic E-state index is 11.6. The summed E-state index contributed by atoms with van der Waals surface area (Å²) in [7, 11) is 0. The van der Waals surface area contributed by atoms with Crippen molar-refractivity contribution in [1.29, 1.82) is 0 Å². The second kappa shape index (κ2) is 5.41. The number of hydrogen-bond acceptors (Lipinski definition) is 2. The van der Waals surface area contributed by atoms with E-state index in [1.54, 1.807) is 12.1 Å². The lowest BCUT2D eigenvalue weighted by Gasteiger charge is -2.14. The number of hydrogen-bond donors (Lipinski definition) is 0. The summed E-state index contributed by atoms with van der Waals surface area (Å²) >= 11 is 5.99. The molecule has 0 N–H and O–H groups in total. The van der Waals surface area contributed by atoms with Gasteiger partial charge in [-0.1, -0.05) is 66.2 Å². The normalized spacial score (nSPS) is 11.6. The molecule has 0 fully saturated rings. The molecule has 5 aromatic rings. The zero-order valence-electron chi connectivity index (χ0n) is 13.6. The van der Waals surface area contributed by atoms with Crippen LogP contribution in [-0.2, 0) is 0 Å². The van der Waals surface area contributed by atoms with Crippen LogP contribution in [0.1, 0.15) is 0 Å². The molecule has 0 heterocycles. The average Bonchev–Trinajstić information content (AvgIpc) is 2.66. The Bertz CT molecular complexity index is 1310. The maximum Gasteiger partial charge on any atom is 0.278 e. The molecule has 0 bridgehead atoms. The van der Waals surface area contributed by atoms with Gasteiger partial charge in [-0.05, 0) is 50.0 Å². The van der Waals surface area contributed by atoms with E-state index in [1.165, 1.54) is 22.2 Å². The van der Waals surface area contributed by atoms with E-state index in [9.17, 15) is 10.1 Å². The van der Waals surface area contributed by atoms with Gasteiger partial charge in [-0.2, -0.15) is 0 Å². The lowest BCUT2D eigenvalue weighted by atomic mass is 9.89.